The van der Waals surface area contributed by atoms with E-state index in [0.29, 0.717) is 0 Å². The Morgan fingerprint density at radius 2 is 1.73 bits per heavy atom. The van der Waals surface area contributed by atoms with Crippen molar-refractivity contribution in [3.63, 3.8) is 0 Å². The van der Waals surface area contributed by atoms with Gasteiger partial charge in [0.2, 0.25) is 0 Å². The monoisotopic (exact) mass is 297 g/mol. The van der Waals surface area contributed by atoms with Crippen molar-refractivity contribution in [2.24, 2.45) is 0 Å². The fourth-order valence-corrected chi connectivity index (χ4v) is 2.60. The Morgan fingerprint density at radius 3 is 2.41 bits per heavy atom. The van der Waals surface area contributed by atoms with E-state index in [-0.39, 0.29) is 0 Å². The van der Waals surface area contributed by atoms with Gasteiger partial charge in [-0.25, -0.2) is 0 Å². The first-order valence-electron chi connectivity index (χ1n) is 7.85. The van der Waals surface area contributed by atoms with Crippen molar-refractivity contribution in [2.75, 3.05) is 51.6 Å². The number of aromatic nitrogens is 2. The van der Waals surface area contributed by atoms with E-state index in [4.69, 9.17) is 0 Å². The zero-order valence-corrected chi connectivity index (χ0v) is 13.1. The molecular formula is C17H23N5. The van der Waals surface area contributed by atoms with Crippen LogP contribution in [-0.2, 0) is 0 Å². The molecule has 2 heterocycles. The van der Waals surface area contributed by atoms with E-state index < -0.39 is 0 Å². The maximum Gasteiger partial charge on any atom is 0.148 e. The lowest BCUT2D eigenvalue weighted by atomic mass is 10.1. The van der Waals surface area contributed by atoms with E-state index in [1.54, 1.807) is 0 Å². The van der Waals surface area contributed by atoms with E-state index in [9.17, 15) is 0 Å². The summed E-state index contributed by atoms with van der Waals surface area (Å²) < 4.78 is 0. The van der Waals surface area contributed by atoms with Gasteiger partial charge >= 0.3 is 0 Å². The van der Waals surface area contributed by atoms with Crippen LogP contribution in [0.4, 0.5) is 5.82 Å². The van der Waals surface area contributed by atoms with Crippen molar-refractivity contribution in [1.82, 2.24) is 20.0 Å². The summed E-state index contributed by atoms with van der Waals surface area (Å²) in [6, 6.07) is 14.1. The van der Waals surface area contributed by atoms with E-state index in [0.717, 1.165) is 56.3 Å². The lowest BCUT2D eigenvalue weighted by molar-refractivity contribution is 0.158. The predicted molar refractivity (Wildman–Crippen MR) is 89.9 cm³/mol. The highest BCUT2D eigenvalue weighted by molar-refractivity contribution is 5.59. The Bertz CT molecular complexity index is 561. The Morgan fingerprint density at radius 1 is 0.955 bits per heavy atom. The third-order valence-electron chi connectivity index (χ3n) is 4.06. The van der Waals surface area contributed by atoms with Gasteiger partial charge in [-0.3, -0.25) is 4.90 Å². The number of hydrogen-bond acceptors (Lipinski definition) is 5. The lowest BCUT2D eigenvalue weighted by Crippen LogP contribution is -2.45. The second kappa shape index (κ2) is 7.33. The van der Waals surface area contributed by atoms with Crippen LogP contribution >= 0.6 is 0 Å². The van der Waals surface area contributed by atoms with Crippen LogP contribution in [0.15, 0.2) is 42.5 Å². The third kappa shape index (κ3) is 4.02. The van der Waals surface area contributed by atoms with Gasteiger partial charge in [-0.1, -0.05) is 30.3 Å². The highest BCUT2D eigenvalue weighted by Gasteiger charge is 2.12. The normalized spacial score (nSPS) is 16.6. The average Bonchev–Trinajstić information content (AvgIpc) is 2.58. The summed E-state index contributed by atoms with van der Waals surface area (Å²) in [6.45, 7) is 6.57. The van der Waals surface area contributed by atoms with E-state index in [2.05, 4.69) is 32.4 Å². The van der Waals surface area contributed by atoms with Gasteiger partial charge in [-0.05, 0) is 19.2 Å². The number of benzene rings is 1. The molecule has 3 rings (SSSR count). The highest BCUT2D eigenvalue weighted by Crippen LogP contribution is 2.16. The summed E-state index contributed by atoms with van der Waals surface area (Å²) in [7, 11) is 2.18. The summed E-state index contributed by atoms with van der Waals surface area (Å²) >= 11 is 0. The van der Waals surface area contributed by atoms with Crippen LogP contribution in [0.5, 0.6) is 0 Å². The van der Waals surface area contributed by atoms with Crippen LogP contribution in [0.25, 0.3) is 11.3 Å². The van der Waals surface area contributed by atoms with Crippen molar-refractivity contribution in [3.8, 4) is 11.3 Å². The molecular weight excluding hydrogens is 274 g/mol. The molecule has 0 amide bonds. The quantitative estimate of drug-likeness (QED) is 0.912. The maximum atomic E-state index is 4.29. The molecule has 1 fully saturated rings. The molecule has 5 heteroatoms. The summed E-state index contributed by atoms with van der Waals surface area (Å²) in [4.78, 5) is 4.86. The summed E-state index contributed by atoms with van der Waals surface area (Å²) in [5.41, 5.74) is 2.00. The first-order chi connectivity index (χ1) is 10.8. The minimum Gasteiger partial charge on any atom is -0.367 e. The average molecular weight is 297 g/mol. The molecule has 0 spiro atoms. The number of piperazine rings is 1. The molecule has 0 unspecified atom stereocenters. The van der Waals surface area contributed by atoms with Crippen LogP contribution in [0, 0.1) is 0 Å². The van der Waals surface area contributed by atoms with Crippen LogP contribution in [-0.4, -0.2) is 66.3 Å². The second-order valence-electron chi connectivity index (χ2n) is 5.74. The Hall–Kier alpha value is -1.98. The molecule has 2 aromatic rings. The van der Waals surface area contributed by atoms with Crippen LogP contribution in [0.3, 0.4) is 0 Å². The van der Waals surface area contributed by atoms with Crippen molar-refractivity contribution in [1.29, 1.82) is 0 Å². The van der Waals surface area contributed by atoms with E-state index in [1.165, 1.54) is 0 Å². The minimum absolute atomic E-state index is 0.841. The highest BCUT2D eigenvalue weighted by atomic mass is 15.3. The predicted octanol–water partition coefficient (Wildman–Crippen LogP) is 1.80. The van der Waals surface area contributed by atoms with Crippen LogP contribution < -0.4 is 5.32 Å². The third-order valence-corrected chi connectivity index (χ3v) is 4.06. The standard InChI is InChI=1S/C17H23N5/c1-21-11-13-22(14-12-21)10-9-18-17-8-7-16(19-20-17)15-5-3-2-4-6-15/h2-8H,9-14H2,1H3,(H,18,20). The molecule has 1 aliphatic heterocycles. The van der Waals surface area contributed by atoms with E-state index >= 15 is 0 Å². The fourth-order valence-electron chi connectivity index (χ4n) is 2.60. The second-order valence-corrected chi connectivity index (χ2v) is 5.74. The molecule has 5 nitrogen and oxygen atoms in total. The van der Waals surface area contributed by atoms with Gasteiger partial charge in [0.05, 0.1) is 5.69 Å². The van der Waals surface area contributed by atoms with Gasteiger partial charge in [-0.2, -0.15) is 0 Å². The maximum absolute atomic E-state index is 4.29. The molecule has 0 saturated carbocycles. The SMILES string of the molecule is CN1CCN(CCNc2ccc(-c3ccccc3)nn2)CC1. The molecule has 1 aliphatic rings. The number of nitrogens with zero attached hydrogens (tertiary/aromatic N) is 4. The molecule has 116 valence electrons. The van der Waals surface area contributed by atoms with Crippen molar-refractivity contribution < 1.29 is 0 Å². The topological polar surface area (TPSA) is 44.3 Å². The number of nitrogens with one attached hydrogen (secondary N) is 1. The largest absolute Gasteiger partial charge is 0.367 e. The molecule has 0 aliphatic carbocycles. The number of rotatable bonds is 5. The van der Waals surface area contributed by atoms with Gasteiger partial charge in [0.25, 0.3) is 0 Å². The Labute approximate surface area is 132 Å². The zero-order valence-electron chi connectivity index (χ0n) is 13.1. The summed E-state index contributed by atoms with van der Waals surface area (Å²) in [5, 5.41) is 11.9. The molecule has 1 aromatic carbocycles. The molecule has 0 radical (unpaired) electrons. The van der Waals surface area contributed by atoms with Crippen molar-refractivity contribution >= 4 is 5.82 Å². The molecule has 1 N–H and O–H groups in total. The fraction of sp³-hybridized carbons (Fsp3) is 0.412. The van der Waals surface area contributed by atoms with Crippen LogP contribution in [0.2, 0.25) is 0 Å². The van der Waals surface area contributed by atoms with Crippen molar-refractivity contribution in [3.05, 3.63) is 42.5 Å². The van der Waals surface area contributed by atoms with E-state index in [1.807, 2.05) is 42.5 Å². The Kier molecular flexibility index (Phi) is 4.98. The molecule has 1 saturated heterocycles. The molecule has 0 atom stereocenters. The first kappa shape index (κ1) is 14.9. The van der Waals surface area contributed by atoms with Gasteiger partial charge < -0.3 is 10.2 Å². The number of anilines is 1. The minimum atomic E-state index is 0.841. The zero-order chi connectivity index (χ0) is 15.2. The molecule has 1 aromatic heterocycles. The van der Waals surface area contributed by atoms with Crippen molar-refractivity contribution in [2.45, 2.75) is 0 Å². The van der Waals surface area contributed by atoms with Gasteiger partial charge in [0.15, 0.2) is 0 Å². The summed E-state index contributed by atoms with van der Waals surface area (Å²) in [5.74, 6) is 0.841. The summed E-state index contributed by atoms with van der Waals surface area (Å²) in [6.07, 6.45) is 0. The first-order valence-corrected chi connectivity index (χ1v) is 7.85. The molecule has 0 bridgehead atoms. The number of hydrogen-bond donors (Lipinski definition) is 1. The van der Waals surface area contributed by atoms with Crippen LogP contribution in [0.1, 0.15) is 0 Å². The Balaban J connectivity index is 1.47. The number of likely N-dealkylation sites (N-methyl/N-ethyl adjacent to an activating group) is 1. The lowest BCUT2D eigenvalue weighted by Gasteiger charge is -2.32. The van der Waals surface area contributed by atoms with Gasteiger partial charge in [0.1, 0.15) is 5.82 Å². The smallest absolute Gasteiger partial charge is 0.148 e. The van der Waals surface area contributed by atoms with Gasteiger partial charge in [-0.15, -0.1) is 10.2 Å². The molecule has 22 heavy (non-hydrogen) atoms. The van der Waals surface area contributed by atoms with Gasteiger partial charge in [0, 0.05) is 44.8 Å².